The van der Waals surface area contributed by atoms with E-state index in [-0.39, 0.29) is 0 Å². The number of rotatable bonds is 5. The van der Waals surface area contributed by atoms with Gasteiger partial charge in [0, 0.05) is 18.5 Å². The summed E-state index contributed by atoms with van der Waals surface area (Å²) in [6.07, 6.45) is 0. The van der Waals surface area contributed by atoms with Gasteiger partial charge in [0.2, 0.25) is 0 Å². The van der Waals surface area contributed by atoms with E-state index in [4.69, 9.17) is 5.73 Å². The van der Waals surface area contributed by atoms with Crippen LogP contribution < -0.4 is 5.73 Å². The van der Waals surface area contributed by atoms with Crippen LogP contribution in [0.25, 0.3) is 0 Å². The predicted octanol–water partition coefficient (Wildman–Crippen LogP) is 1.56. The Morgan fingerprint density at radius 1 is 1.64 bits per heavy atom. The van der Waals surface area contributed by atoms with Crippen LogP contribution in [0.1, 0.15) is 18.3 Å². The SMILES string of the molecule is Cc1cc(CSCC(C)CN)n(C)n1. The molecule has 0 aliphatic carbocycles. The monoisotopic (exact) mass is 213 g/mol. The highest BCUT2D eigenvalue weighted by atomic mass is 32.2. The number of aromatic nitrogens is 2. The van der Waals surface area contributed by atoms with Gasteiger partial charge in [0.05, 0.1) is 5.69 Å². The molecule has 2 N–H and O–H groups in total. The Morgan fingerprint density at radius 3 is 2.86 bits per heavy atom. The van der Waals surface area contributed by atoms with Crippen LogP contribution >= 0.6 is 11.8 Å². The van der Waals surface area contributed by atoms with Crippen LogP contribution in [0.5, 0.6) is 0 Å². The van der Waals surface area contributed by atoms with Crippen molar-refractivity contribution in [3.8, 4) is 0 Å². The van der Waals surface area contributed by atoms with Gasteiger partial charge in [0.15, 0.2) is 0 Å². The molecule has 0 aromatic carbocycles. The molecule has 1 atom stereocenters. The molecule has 0 bridgehead atoms. The quantitative estimate of drug-likeness (QED) is 0.807. The van der Waals surface area contributed by atoms with E-state index in [2.05, 4.69) is 18.1 Å². The zero-order valence-corrected chi connectivity index (χ0v) is 9.97. The van der Waals surface area contributed by atoms with Crippen LogP contribution in [0.2, 0.25) is 0 Å². The van der Waals surface area contributed by atoms with E-state index in [0.29, 0.717) is 5.92 Å². The van der Waals surface area contributed by atoms with Gasteiger partial charge in [-0.1, -0.05) is 6.92 Å². The van der Waals surface area contributed by atoms with Gasteiger partial charge in [-0.25, -0.2) is 0 Å². The molecular formula is C10H19N3S. The molecule has 0 saturated heterocycles. The molecule has 0 spiro atoms. The molecule has 0 aliphatic heterocycles. The van der Waals surface area contributed by atoms with Crippen LogP contribution in [0.4, 0.5) is 0 Å². The zero-order chi connectivity index (χ0) is 10.6. The lowest BCUT2D eigenvalue weighted by molar-refractivity contribution is 0.674. The number of aryl methyl sites for hydroxylation is 2. The average molecular weight is 213 g/mol. The smallest absolute Gasteiger partial charge is 0.0596 e. The van der Waals surface area contributed by atoms with Gasteiger partial charge in [-0.3, -0.25) is 4.68 Å². The summed E-state index contributed by atoms with van der Waals surface area (Å²) in [5, 5.41) is 4.31. The van der Waals surface area contributed by atoms with Crippen LogP contribution in [0.15, 0.2) is 6.07 Å². The minimum absolute atomic E-state index is 0.606. The third kappa shape index (κ3) is 3.35. The Kier molecular flexibility index (Phi) is 4.48. The van der Waals surface area contributed by atoms with E-state index in [0.717, 1.165) is 23.7 Å². The molecule has 1 aromatic heterocycles. The van der Waals surface area contributed by atoms with Crippen molar-refractivity contribution in [1.29, 1.82) is 0 Å². The Hall–Kier alpha value is -0.480. The molecule has 0 radical (unpaired) electrons. The molecule has 1 rings (SSSR count). The lowest BCUT2D eigenvalue weighted by atomic mass is 10.2. The van der Waals surface area contributed by atoms with Gasteiger partial charge < -0.3 is 5.73 Å². The summed E-state index contributed by atoms with van der Waals surface area (Å²) in [5.74, 6) is 2.76. The number of thioether (sulfide) groups is 1. The highest BCUT2D eigenvalue weighted by molar-refractivity contribution is 7.98. The second kappa shape index (κ2) is 5.41. The summed E-state index contributed by atoms with van der Waals surface area (Å²) >= 11 is 1.93. The second-order valence-corrected chi connectivity index (χ2v) is 4.79. The van der Waals surface area contributed by atoms with Crippen LogP contribution in [0.3, 0.4) is 0 Å². The molecule has 3 nitrogen and oxygen atoms in total. The Balaban J connectivity index is 2.34. The second-order valence-electron chi connectivity index (χ2n) is 3.76. The number of nitrogens with two attached hydrogens (primary N) is 1. The van der Waals surface area contributed by atoms with E-state index in [1.165, 1.54) is 5.69 Å². The molecular weight excluding hydrogens is 194 g/mol. The van der Waals surface area contributed by atoms with Crippen molar-refractivity contribution in [2.45, 2.75) is 19.6 Å². The topological polar surface area (TPSA) is 43.8 Å². The summed E-state index contributed by atoms with van der Waals surface area (Å²) in [6, 6.07) is 2.14. The van der Waals surface area contributed by atoms with E-state index in [9.17, 15) is 0 Å². The maximum Gasteiger partial charge on any atom is 0.0596 e. The Bertz CT molecular complexity index is 283. The first-order valence-corrected chi connectivity index (χ1v) is 6.06. The molecule has 1 aromatic rings. The van der Waals surface area contributed by atoms with Crippen molar-refractivity contribution >= 4 is 11.8 Å². The Morgan fingerprint density at radius 2 is 2.36 bits per heavy atom. The normalized spacial score (nSPS) is 13.1. The molecule has 0 aliphatic rings. The van der Waals surface area contributed by atoms with Crippen LogP contribution in [-0.4, -0.2) is 22.1 Å². The van der Waals surface area contributed by atoms with Crippen molar-refractivity contribution in [1.82, 2.24) is 9.78 Å². The molecule has 80 valence electrons. The van der Waals surface area contributed by atoms with Crippen molar-refractivity contribution < 1.29 is 0 Å². The van der Waals surface area contributed by atoms with E-state index < -0.39 is 0 Å². The highest BCUT2D eigenvalue weighted by Crippen LogP contribution is 2.15. The van der Waals surface area contributed by atoms with Gasteiger partial charge in [0.25, 0.3) is 0 Å². The average Bonchev–Trinajstić information content (AvgIpc) is 2.45. The molecule has 0 amide bonds. The lowest BCUT2D eigenvalue weighted by Gasteiger charge is -2.07. The van der Waals surface area contributed by atoms with Gasteiger partial charge in [0.1, 0.15) is 0 Å². The van der Waals surface area contributed by atoms with Crippen molar-refractivity contribution in [2.24, 2.45) is 18.7 Å². The summed E-state index contributed by atoms with van der Waals surface area (Å²) < 4.78 is 1.95. The minimum atomic E-state index is 0.606. The summed E-state index contributed by atoms with van der Waals surface area (Å²) in [6.45, 7) is 4.98. The predicted molar refractivity (Wildman–Crippen MR) is 62.3 cm³/mol. The third-order valence-electron chi connectivity index (χ3n) is 2.15. The van der Waals surface area contributed by atoms with E-state index in [1.54, 1.807) is 0 Å². The highest BCUT2D eigenvalue weighted by Gasteiger charge is 2.03. The summed E-state index contributed by atoms with van der Waals surface area (Å²) in [5.41, 5.74) is 7.94. The number of hydrogen-bond acceptors (Lipinski definition) is 3. The third-order valence-corrected chi connectivity index (χ3v) is 3.46. The van der Waals surface area contributed by atoms with Gasteiger partial charge in [-0.15, -0.1) is 0 Å². The first kappa shape index (κ1) is 11.6. The zero-order valence-electron chi connectivity index (χ0n) is 9.16. The van der Waals surface area contributed by atoms with E-state index >= 15 is 0 Å². The van der Waals surface area contributed by atoms with Gasteiger partial charge >= 0.3 is 0 Å². The van der Waals surface area contributed by atoms with Crippen molar-refractivity contribution in [3.63, 3.8) is 0 Å². The first-order valence-electron chi connectivity index (χ1n) is 4.90. The largest absolute Gasteiger partial charge is 0.330 e. The lowest BCUT2D eigenvalue weighted by Crippen LogP contribution is -2.13. The van der Waals surface area contributed by atoms with Crippen LogP contribution in [-0.2, 0) is 12.8 Å². The maximum atomic E-state index is 5.55. The fourth-order valence-corrected chi connectivity index (χ4v) is 2.37. The van der Waals surface area contributed by atoms with Crippen LogP contribution in [0, 0.1) is 12.8 Å². The summed E-state index contributed by atoms with van der Waals surface area (Å²) in [4.78, 5) is 0. The molecule has 4 heteroatoms. The van der Waals surface area contributed by atoms with Gasteiger partial charge in [-0.2, -0.15) is 16.9 Å². The molecule has 1 heterocycles. The Labute approximate surface area is 90.1 Å². The summed E-state index contributed by atoms with van der Waals surface area (Å²) in [7, 11) is 2.00. The fraction of sp³-hybridized carbons (Fsp3) is 0.700. The molecule has 14 heavy (non-hydrogen) atoms. The fourth-order valence-electron chi connectivity index (χ4n) is 1.23. The molecule has 0 saturated carbocycles. The minimum Gasteiger partial charge on any atom is -0.330 e. The number of nitrogens with zero attached hydrogens (tertiary/aromatic N) is 2. The van der Waals surface area contributed by atoms with E-state index in [1.807, 2.05) is 30.4 Å². The van der Waals surface area contributed by atoms with Crippen molar-refractivity contribution in [2.75, 3.05) is 12.3 Å². The standard InChI is InChI=1S/C10H19N3S/c1-8(5-11)6-14-7-10-4-9(2)12-13(10)3/h4,8H,5-7,11H2,1-3H3. The molecule has 0 fully saturated rings. The molecule has 1 unspecified atom stereocenters. The van der Waals surface area contributed by atoms with Gasteiger partial charge in [-0.05, 0) is 31.2 Å². The van der Waals surface area contributed by atoms with Crippen molar-refractivity contribution in [3.05, 3.63) is 17.5 Å². The first-order chi connectivity index (χ1) is 6.63. The maximum absolute atomic E-state index is 5.55. The number of hydrogen-bond donors (Lipinski definition) is 1.